The fourth-order valence-corrected chi connectivity index (χ4v) is 1.47. The van der Waals surface area contributed by atoms with E-state index in [1.165, 1.54) is 18.2 Å². The predicted molar refractivity (Wildman–Crippen MR) is 72.7 cm³/mol. The number of nitrogens with one attached hydrogen (secondary N) is 2. The minimum absolute atomic E-state index is 0.0808. The Morgan fingerprint density at radius 2 is 2.05 bits per heavy atom. The van der Waals surface area contributed by atoms with Gasteiger partial charge in [-0.3, -0.25) is 9.59 Å². The third kappa shape index (κ3) is 4.87. The number of amides is 2. The number of hydrogen-bond acceptors (Lipinski definition) is 4. The summed E-state index contributed by atoms with van der Waals surface area (Å²) in [4.78, 5) is 23.1. The molecular formula is C13H19N3O3. The zero-order valence-electron chi connectivity index (χ0n) is 11.1. The number of nitrogen functional groups attached to an aromatic ring is 1. The molecule has 0 bridgehead atoms. The monoisotopic (exact) mass is 265 g/mol. The fourth-order valence-electron chi connectivity index (χ4n) is 1.47. The summed E-state index contributed by atoms with van der Waals surface area (Å²) < 4.78 is 0. The highest BCUT2D eigenvalue weighted by Gasteiger charge is 2.09. The van der Waals surface area contributed by atoms with E-state index in [-0.39, 0.29) is 42.3 Å². The molecule has 1 aromatic carbocycles. The predicted octanol–water partition coefficient (Wildman–Crippen LogP) is 0.619. The maximum Gasteiger partial charge on any atom is 0.251 e. The Hall–Kier alpha value is -2.24. The van der Waals surface area contributed by atoms with Gasteiger partial charge in [0, 0.05) is 24.6 Å². The summed E-state index contributed by atoms with van der Waals surface area (Å²) in [6.45, 7) is 3.98. The van der Waals surface area contributed by atoms with Crippen LogP contribution in [0.25, 0.3) is 0 Å². The van der Waals surface area contributed by atoms with Crippen LogP contribution in [-0.4, -0.2) is 29.5 Å². The number of aromatic hydroxyl groups is 1. The molecule has 6 nitrogen and oxygen atoms in total. The average molecular weight is 265 g/mol. The summed E-state index contributed by atoms with van der Waals surface area (Å²) in [5.74, 6) is -0.603. The van der Waals surface area contributed by atoms with E-state index >= 15 is 0 Å². The molecule has 0 radical (unpaired) electrons. The highest BCUT2D eigenvalue weighted by molar-refractivity contribution is 5.95. The number of carbonyl (C=O) groups excluding carboxylic acids is 2. The van der Waals surface area contributed by atoms with Crippen molar-refractivity contribution in [2.75, 3.05) is 12.3 Å². The second-order valence-corrected chi connectivity index (χ2v) is 4.50. The Morgan fingerprint density at radius 3 is 2.63 bits per heavy atom. The summed E-state index contributed by atoms with van der Waals surface area (Å²) in [6, 6.07) is 4.34. The number of hydrogen-bond donors (Lipinski definition) is 4. The normalized spacial score (nSPS) is 10.3. The molecule has 0 aliphatic carbocycles. The lowest BCUT2D eigenvalue weighted by Gasteiger charge is -2.09. The molecule has 0 fully saturated rings. The van der Waals surface area contributed by atoms with Gasteiger partial charge in [0.2, 0.25) is 5.91 Å². The van der Waals surface area contributed by atoms with Crippen molar-refractivity contribution in [1.82, 2.24) is 10.6 Å². The van der Waals surface area contributed by atoms with Gasteiger partial charge in [0.1, 0.15) is 5.75 Å². The molecule has 0 aromatic heterocycles. The van der Waals surface area contributed by atoms with Crippen molar-refractivity contribution in [3.8, 4) is 5.75 Å². The standard InChI is InChI=1S/C13H19N3O3/c1-8(2)16-12(18)5-6-15-13(19)9-3-4-10(14)11(17)7-9/h3-4,7-8,17H,5-6,14H2,1-2H3,(H,15,19)(H,16,18). The van der Waals surface area contributed by atoms with Crippen molar-refractivity contribution in [2.45, 2.75) is 26.3 Å². The third-order valence-electron chi connectivity index (χ3n) is 2.38. The van der Waals surface area contributed by atoms with Crippen molar-refractivity contribution in [3.05, 3.63) is 23.8 Å². The molecule has 0 atom stereocenters. The molecule has 0 spiro atoms. The van der Waals surface area contributed by atoms with E-state index in [9.17, 15) is 14.7 Å². The SMILES string of the molecule is CC(C)NC(=O)CCNC(=O)c1ccc(N)c(O)c1. The van der Waals surface area contributed by atoms with Crippen LogP contribution in [0.4, 0.5) is 5.69 Å². The number of nitrogens with two attached hydrogens (primary N) is 1. The van der Waals surface area contributed by atoms with E-state index in [2.05, 4.69) is 10.6 Å². The second kappa shape index (κ2) is 6.63. The number of benzene rings is 1. The van der Waals surface area contributed by atoms with Gasteiger partial charge in [-0.2, -0.15) is 0 Å². The van der Waals surface area contributed by atoms with Crippen molar-refractivity contribution in [3.63, 3.8) is 0 Å². The molecule has 104 valence electrons. The summed E-state index contributed by atoms with van der Waals surface area (Å²) in [5, 5.41) is 14.7. The summed E-state index contributed by atoms with van der Waals surface area (Å²) in [7, 11) is 0. The third-order valence-corrected chi connectivity index (χ3v) is 2.38. The first-order valence-corrected chi connectivity index (χ1v) is 6.06. The number of carbonyl (C=O) groups is 2. The first-order chi connectivity index (χ1) is 8.90. The maximum absolute atomic E-state index is 11.7. The van der Waals surface area contributed by atoms with Crippen molar-refractivity contribution < 1.29 is 14.7 Å². The minimum Gasteiger partial charge on any atom is -0.506 e. The first kappa shape index (κ1) is 14.8. The Morgan fingerprint density at radius 1 is 1.37 bits per heavy atom. The van der Waals surface area contributed by atoms with Gasteiger partial charge in [0.15, 0.2) is 0 Å². The number of anilines is 1. The molecule has 0 saturated heterocycles. The van der Waals surface area contributed by atoms with Gasteiger partial charge in [0.05, 0.1) is 5.69 Å². The Balaban J connectivity index is 2.43. The van der Waals surface area contributed by atoms with Gasteiger partial charge < -0.3 is 21.5 Å². The van der Waals surface area contributed by atoms with E-state index in [0.29, 0.717) is 5.56 Å². The lowest BCUT2D eigenvalue weighted by atomic mass is 10.2. The van der Waals surface area contributed by atoms with E-state index in [1.807, 2.05) is 13.8 Å². The molecule has 1 aromatic rings. The topological polar surface area (TPSA) is 104 Å². The van der Waals surface area contributed by atoms with Crippen LogP contribution in [-0.2, 0) is 4.79 Å². The van der Waals surface area contributed by atoms with Crippen LogP contribution in [0.15, 0.2) is 18.2 Å². The molecule has 0 saturated carbocycles. The van der Waals surface area contributed by atoms with Crippen LogP contribution in [0.5, 0.6) is 5.75 Å². The smallest absolute Gasteiger partial charge is 0.251 e. The van der Waals surface area contributed by atoms with E-state index in [4.69, 9.17) is 5.73 Å². The molecule has 0 aliphatic heterocycles. The first-order valence-electron chi connectivity index (χ1n) is 6.06. The molecule has 0 unspecified atom stereocenters. The largest absolute Gasteiger partial charge is 0.506 e. The Bertz CT molecular complexity index is 472. The highest BCUT2D eigenvalue weighted by Crippen LogP contribution is 2.20. The summed E-state index contributed by atoms with van der Waals surface area (Å²) in [6.07, 6.45) is 0.213. The van der Waals surface area contributed by atoms with E-state index in [0.717, 1.165) is 0 Å². The van der Waals surface area contributed by atoms with Gasteiger partial charge >= 0.3 is 0 Å². The Labute approximate surface area is 112 Å². The fraction of sp³-hybridized carbons (Fsp3) is 0.385. The number of phenolic OH excluding ortho intramolecular Hbond substituents is 1. The van der Waals surface area contributed by atoms with Crippen LogP contribution in [0.3, 0.4) is 0 Å². The lowest BCUT2D eigenvalue weighted by Crippen LogP contribution is -2.34. The van der Waals surface area contributed by atoms with Gasteiger partial charge in [-0.1, -0.05) is 0 Å². The van der Waals surface area contributed by atoms with Crippen LogP contribution < -0.4 is 16.4 Å². The maximum atomic E-state index is 11.7. The van der Waals surface area contributed by atoms with Gasteiger partial charge in [-0.05, 0) is 32.0 Å². The molecule has 19 heavy (non-hydrogen) atoms. The minimum atomic E-state index is -0.354. The van der Waals surface area contributed by atoms with Crippen molar-refractivity contribution in [1.29, 1.82) is 0 Å². The second-order valence-electron chi connectivity index (χ2n) is 4.50. The Kier molecular flexibility index (Phi) is 5.17. The zero-order chi connectivity index (χ0) is 14.4. The zero-order valence-corrected chi connectivity index (χ0v) is 11.1. The molecule has 5 N–H and O–H groups in total. The van der Waals surface area contributed by atoms with Crippen molar-refractivity contribution >= 4 is 17.5 Å². The van der Waals surface area contributed by atoms with Gasteiger partial charge in [0.25, 0.3) is 5.91 Å². The van der Waals surface area contributed by atoms with Gasteiger partial charge in [-0.25, -0.2) is 0 Å². The molecule has 1 rings (SSSR count). The molecule has 6 heteroatoms. The van der Waals surface area contributed by atoms with Gasteiger partial charge in [-0.15, -0.1) is 0 Å². The summed E-state index contributed by atoms with van der Waals surface area (Å²) >= 11 is 0. The van der Waals surface area contributed by atoms with Crippen LogP contribution >= 0.6 is 0 Å². The van der Waals surface area contributed by atoms with E-state index in [1.54, 1.807) is 0 Å². The molecule has 0 aliphatic rings. The lowest BCUT2D eigenvalue weighted by molar-refractivity contribution is -0.121. The number of phenols is 1. The average Bonchev–Trinajstić information content (AvgIpc) is 2.31. The van der Waals surface area contributed by atoms with E-state index < -0.39 is 0 Å². The molecule has 2 amide bonds. The molecule has 0 heterocycles. The van der Waals surface area contributed by atoms with Crippen LogP contribution in [0.1, 0.15) is 30.6 Å². The molecular weight excluding hydrogens is 246 g/mol. The van der Waals surface area contributed by atoms with Crippen LogP contribution in [0, 0.1) is 0 Å². The highest BCUT2D eigenvalue weighted by atomic mass is 16.3. The quantitative estimate of drug-likeness (QED) is 0.462. The van der Waals surface area contributed by atoms with Crippen LogP contribution in [0.2, 0.25) is 0 Å². The summed E-state index contributed by atoms with van der Waals surface area (Å²) in [5.41, 5.74) is 5.96. The number of rotatable bonds is 5. The van der Waals surface area contributed by atoms with Crippen molar-refractivity contribution in [2.24, 2.45) is 0 Å².